The summed E-state index contributed by atoms with van der Waals surface area (Å²) in [5.74, 6) is 0.337. The molecule has 8 nitrogen and oxygen atoms in total. The van der Waals surface area contributed by atoms with Gasteiger partial charge in [0.1, 0.15) is 28.8 Å². The van der Waals surface area contributed by atoms with Crippen LogP contribution in [0.3, 0.4) is 0 Å². The highest BCUT2D eigenvalue weighted by molar-refractivity contribution is 6.05. The lowest BCUT2D eigenvalue weighted by Crippen LogP contribution is -2.30. The maximum Gasteiger partial charge on any atom is 0.308 e. The van der Waals surface area contributed by atoms with Crippen molar-refractivity contribution in [3.05, 3.63) is 58.2 Å². The van der Waals surface area contributed by atoms with E-state index < -0.39 is 23.6 Å². The van der Waals surface area contributed by atoms with Crippen molar-refractivity contribution in [2.75, 3.05) is 7.11 Å². The molecule has 0 unspecified atom stereocenters. The molecule has 2 aliphatic rings. The first kappa shape index (κ1) is 27.0. The molecule has 0 bridgehead atoms. The molecule has 2 aromatic carbocycles. The van der Waals surface area contributed by atoms with Crippen LogP contribution in [-0.2, 0) is 16.0 Å². The van der Waals surface area contributed by atoms with E-state index in [1.54, 1.807) is 18.2 Å². The number of esters is 2. The van der Waals surface area contributed by atoms with Crippen molar-refractivity contribution in [1.82, 2.24) is 0 Å². The lowest BCUT2D eigenvalue weighted by atomic mass is 9.88. The molecule has 2 heterocycles. The largest absolute Gasteiger partial charge is 0.493 e. The number of allylic oxidation sites excluding steroid dienone is 2. The number of hydrogen-bond donors (Lipinski definition) is 0. The van der Waals surface area contributed by atoms with Gasteiger partial charge in [-0.2, -0.15) is 0 Å². The number of carbonyl (C=O) groups is 3. The SMILES string of the molecule is COc1cc([C@@H]2CC(=O)c3c(OC(C)=O)c4c(c(CC=C(C)C)c3O2)OC(C)(C)C=C4)ccc1OC(C)=O. The Morgan fingerprint density at radius 1 is 1.05 bits per heavy atom. The molecule has 0 amide bonds. The Labute approximate surface area is 222 Å². The summed E-state index contributed by atoms with van der Waals surface area (Å²) in [7, 11) is 1.47. The molecule has 4 rings (SSSR count). The number of methoxy groups -OCH3 is 1. The van der Waals surface area contributed by atoms with Crippen LogP contribution in [0.25, 0.3) is 6.08 Å². The molecule has 0 aromatic heterocycles. The van der Waals surface area contributed by atoms with Gasteiger partial charge in [-0.3, -0.25) is 14.4 Å². The van der Waals surface area contributed by atoms with Crippen LogP contribution in [-0.4, -0.2) is 30.4 Å². The number of Topliss-reactive ketones (excluding diaryl/α,β-unsaturated/α-hetero) is 1. The average Bonchev–Trinajstić information content (AvgIpc) is 2.82. The van der Waals surface area contributed by atoms with Gasteiger partial charge >= 0.3 is 11.9 Å². The molecule has 1 atom stereocenters. The molecule has 0 saturated carbocycles. The Balaban J connectivity index is 1.90. The van der Waals surface area contributed by atoms with E-state index in [9.17, 15) is 14.4 Å². The first-order chi connectivity index (χ1) is 17.9. The van der Waals surface area contributed by atoms with Crippen molar-refractivity contribution in [3.63, 3.8) is 0 Å². The van der Waals surface area contributed by atoms with Gasteiger partial charge in [0.25, 0.3) is 0 Å². The van der Waals surface area contributed by atoms with Gasteiger partial charge in [0.15, 0.2) is 23.0 Å². The van der Waals surface area contributed by atoms with E-state index in [-0.39, 0.29) is 29.3 Å². The van der Waals surface area contributed by atoms with Gasteiger partial charge in [0.2, 0.25) is 0 Å². The van der Waals surface area contributed by atoms with Crippen LogP contribution < -0.4 is 23.7 Å². The molecule has 200 valence electrons. The molecular formula is C30H32O8. The van der Waals surface area contributed by atoms with E-state index in [1.165, 1.54) is 21.0 Å². The van der Waals surface area contributed by atoms with Crippen LogP contribution >= 0.6 is 0 Å². The van der Waals surface area contributed by atoms with Gasteiger partial charge in [-0.1, -0.05) is 17.7 Å². The molecule has 2 aromatic rings. The zero-order valence-corrected chi connectivity index (χ0v) is 22.7. The van der Waals surface area contributed by atoms with Crippen molar-refractivity contribution in [3.8, 4) is 28.7 Å². The van der Waals surface area contributed by atoms with Gasteiger partial charge in [0, 0.05) is 19.4 Å². The van der Waals surface area contributed by atoms with Crippen LogP contribution in [0.2, 0.25) is 0 Å². The van der Waals surface area contributed by atoms with E-state index >= 15 is 0 Å². The van der Waals surface area contributed by atoms with Crippen molar-refractivity contribution < 1.29 is 38.1 Å². The fourth-order valence-corrected chi connectivity index (χ4v) is 4.50. The van der Waals surface area contributed by atoms with E-state index in [1.807, 2.05) is 45.9 Å². The average molecular weight is 521 g/mol. The minimum atomic E-state index is -0.656. The molecule has 8 heteroatoms. The van der Waals surface area contributed by atoms with Gasteiger partial charge < -0.3 is 23.7 Å². The van der Waals surface area contributed by atoms with Crippen LogP contribution in [0, 0.1) is 0 Å². The van der Waals surface area contributed by atoms with Gasteiger partial charge in [-0.15, -0.1) is 0 Å². The summed E-state index contributed by atoms with van der Waals surface area (Å²) in [6.45, 7) is 10.4. The Bertz CT molecular complexity index is 1380. The summed E-state index contributed by atoms with van der Waals surface area (Å²) in [5.41, 5.74) is 2.60. The molecule has 0 fully saturated rings. The number of hydrogen-bond acceptors (Lipinski definition) is 8. The van der Waals surface area contributed by atoms with E-state index in [2.05, 4.69) is 0 Å². The Morgan fingerprint density at radius 3 is 2.39 bits per heavy atom. The normalized spacial score (nSPS) is 16.8. The summed E-state index contributed by atoms with van der Waals surface area (Å²) in [6.07, 6.45) is 5.54. The highest BCUT2D eigenvalue weighted by atomic mass is 16.6. The highest BCUT2D eigenvalue weighted by Crippen LogP contribution is 2.52. The summed E-state index contributed by atoms with van der Waals surface area (Å²) in [5, 5.41) is 0. The van der Waals surface area contributed by atoms with Crippen LogP contribution in [0.4, 0.5) is 0 Å². The number of fused-ring (bicyclic) bond motifs is 2. The topological polar surface area (TPSA) is 97.4 Å². The summed E-state index contributed by atoms with van der Waals surface area (Å²) in [6, 6.07) is 5.02. The minimum Gasteiger partial charge on any atom is -0.493 e. The number of carbonyl (C=O) groups excluding carboxylic acids is 3. The summed E-state index contributed by atoms with van der Waals surface area (Å²) in [4.78, 5) is 37.2. The predicted octanol–water partition coefficient (Wildman–Crippen LogP) is 5.95. The fourth-order valence-electron chi connectivity index (χ4n) is 4.50. The maximum atomic E-state index is 13.7. The second-order valence-electron chi connectivity index (χ2n) is 10.1. The molecule has 0 spiro atoms. The third kappa shape index (κ3) is 5.44. The lowest BCUT2D eigenvalue weighted by molar-refractivity contribution is -0.132. The highest BCUT2D eigenvalue weighted by Gasteiger charge is 2.39. The predicted molar refractivity (Wildman–Crippen MR) is 141 cm³/mol. The maximum absolute atomic E-state index is 13.7. The van der Waals surface area contributed by atoms with Crippen LogP contribution in [0.5, 0.6) is 28.7 Å². The number of ketones is 1. The van der Waals surface area contributed by atoms with Gasteiger partial charge in [-0.05, 0) is 64.0 Å². The molecule has 38 heavy (non-hydrogen) atoms. The first-order valence-electron chi connectivity index (χ1n) is 12.4. The minimum absolute atomic E-state index is 0.00820. The Hall–Kier alpha value is -4.07. The van der Waals surface area contributed by atoms with Crippen molar-refractivity contribution in [2.24, 2.45) is 0 Å². The second kappa shape index (κ2) is 10.4. The zero-order chi connectivity index (χ0) is 27.8. The van der Waals surface area contributed by atoms with Gasteiger partial charge in [0.05, 0.1) is 19.1 Å². The summed E-state index contributed by atoms with van der Waals surface area (Å²) < 4.78 is 29.1. The molecule has 0 N–H and O–H groups in total. The standard InChI is InChI=1S/C30H32O8/c1-16(2)8-10-20-27-21(12-13-30(5,6)38-27)28(36-18(4)32)26-22(33)15-24(37-29(20)26)19-9-11-23(35-17(3)31)25(14-19)34-7/h8-9,11-14,24H,10,15H2,1-7H3/t24-/m0/s1. The van der Waals surface area contributed by atoms with Crippen LogP contribution in [0.15, 0.2) is 35.9 Å². The third-order valence-electron chi connectivity index (χ3n) is 6.19. The molecule has 0 radical (unpaired) electrons. The number of benzene rings is 2. The van der Waals surface area contributed by atoms with E-state index in [4.69, 9.17) is 23.7 Å². The number of rotatable bonds is 6. The van der Waals surface area contributed by atoms with Crippen molar-refractivity contribution >= 4 is 23.8 Å². The second-order valence-corrected chi connectivity index (χ2v) is 10.1. The molecule has 0 aliphatic carbocycles. The quantitative estimate of drug-likeness (QED) is 0.262. The smallest absolute Gasteiger partial charge is 0.308 e. The fraction of sp³-hybridized carbons (Fsp3) is 0.367. The van der Waals surface area contributed by atoms with Gasteiger partial charge in [-0.25, -0.2) is 0 Å². The first-order valence-corrected chi connectivity index (χ1v) is 12.4. The summed E-state index contributed by atoms with van der Waals surface area (Å²) >= 11 is 0. The Kier molecular flexibility index (Phi) is 7.35. The van der Waals surface area contributed by atoms with Crippen molar-refractivity contribution in [2.45, 2.75) is 66.1 Å². The Morgan fingerprint density at radius 2 is 1.76 bits per heavy atom. The molecule has 0 saturated heterocycles. The third-order valence-corrected chi connectivity index (χ3v) is 6.19. The van der Waals surface area contributed by atoms with Crippen molar-refractivity contribution in [1.29, 1.82) is 0 Å². The molecule has 2 aliphatic heterocycles. The van der Waals surface area contributed by atoms with Crippen LogP contribution in [0.1, 0.15) is 81.1 Å². The zero-order valence-electron chi connectivity index (χ0n) is 22.7. The monoisotopic (exact) mass is 520 g/mol. The number of ether oxygens (including phenoxy) is 5. The van der Waals surface area contributed by atoms with E-state index in [0.717, 1.165) is 5.57 Å². The van der Waals surface area contributed by atoms with E-state index in [0.29, 0.717) is 40.4 Å². The lowest BCUT2D eigenvalue weighted by Gasteiger charge is -2.35. The molecular weight excluding hydrogens is 488 g/mol.